The summed E-state index contributed by atoms with van der Waals surface area (Å²) >= 11 is 0. The van der Waals surface area contributed by atoms with Crippen molar-refractivity contribution in [1.82, 2.24) is 10.0 Å². The monoisotopic (exact) mass is 436 g/mol. The van der Waals surface area contributed by atoms with Crippen LogP contribution in [0.15, 0.2) is 89.8 Å². The second-order valence-electron chi connectivity index (χ2n) is 7.60. The smallest absolute Gasteiger partial charge is 0.241 e. The van der Waals surface area contributed by atoms with E-state index in [-0.39, 0.29) is 22.9 Å². The van der Waals surface area contributed by atoms with Crippen LogP contribution in [-0.2, 0) is 21.2 Å². The summed E-state index contributed by atoms with van der Waals surface area (Å²) in [5, 5.41) is 2.99. The Labute approximate surface area is 184 Å². The highest BCUT2D eigenvalue weighted by molar-refractivity contribution is 7.89. The number of aryl methyl sites for hydroxylation is 1. The van der Waals surface area contributed by atoms with Gasteiger partial charge in [0.1, 0.15) is 0 Å². The molecule has 6 heteroatoms. The minimum atomic E-state index is -3.63. The molecule has 2 N–H and O–H groups in total. The largest absolute Gasteiger partial charge is 0.350 e. The van der Waals surface area contributed by atoms with Crippen LogP contribution in [0.2, 0.25) is 0 Å². The second kappa shape index (κ2) is 10.4. The fourth-order valence-corrected chi connectivity index (χ4v) is 4.57. The van der Waals surface area contributed by atoms with Gasteiger partial charge < -0.3 is 5.32 Å². The molecule has 0 spiro atoms. The molecule has 3 aromatic rings. The Morgan fingerprint density at radius 1 is 0.774 bits per heavy atom. The SMILES string of the molecule is C[C@@H](NC(=O)CCc1ccc(S(=O)(=O)N[C@H](C)c2ccccc2)cc1)c1ccccc1. The van der Waals surface area contributed by atoms with E-state index in [0.717, 1.165) is 16.7 Å². The first-order valence-corrected chi connectivity index (χ1v) is 11.8. The summed E-state index contributed by atoms with van der Waals surface area (Å²) in [4.78, 5) is 12.5. The van der Waals surface area contributed by atoms with Gasteiger partial charge in [-0.25, -0.2) is 13.1 Å². The Balaban J connectivity index is 1.54. The Hall–Kier alpha value is -2.96. The zero-order valence-electron chi connectivity index (χ0n) is 17.8. The quantitative estimate of drug-likeness (QED) is 0.517. The molecule has 31 heavy (non-hydrogen) atoms. The molecule has 0 aliphatic rings. The number of rotatable bonds is 9. The zero-order chi connectivity index (χ0) is 22.3. The molecule has 3 aromatic carbocycles. The average molecular weight is 437 g/mol. The molecular formula is C25H28N2O3S. The first-order chi connectivity index (χ1) is 14.8. The lowest BCUT2D eigenvalue weighted by Crippen LogP contribution is -2.27. The van der Waals surface area contributed by atoms with Gasteiger partial charge in [-0.1, -0.05) is 72.8 Å². The lowest BCUT2D eigenvalue weighted by atomic mass is 10.1. The Morgan fingerprint density at radius 2 is 1.29 bits per heavy atom. The van der Waals surface area contributed by atoms with Crippen molar-refractivity contribution in [2.45, 2.75) is 43.7 Å². The van der Waals surface area contributed by atoms with Crippen molar-refractivity contribution in [3.05, 3.63) is 102 Å². The van der Waals surface area contributed by atoms with Gasteiger partial charge in [-0.05, 0) is 49.1 Å². The van der Waals surface area contributed by atoms with E-state index in [4.69, 9.17) is 0 Å². The lowest BCUT2D eigenvalue weighted by molar-refractivity contribution is -0.121. The number of benzene rings is 3. The van der Waals surface area contributed by atoms with Gasteiger partial charge in [-0.2, -0.15) is 0 Å². The summed E-state index contributed by atoms with van der Waals surface area (Å²) in [6.07, 6.45) is 0.883. The molecule has 0 saturated carbocycles. The van der Waals surface area contributed by atoms with E-state index in [9.17, 15) is 13.2 Å². The van der Waals surface area contributed by atoms with Crippen molar-refractivity contribution in [2.24, 2.45) is 0 Å². The number of carbonyl (C=O) groups is 1. The highest BCUT2D eigenvalue weighted by atomic mass is 32.2. The maximum atomic E-state index is 12.7. The maximum Gasteiger partial charge on any atom is 0.241 e. The number of amides is 1. The predicted octanol–water partition coefficient (Wildman–Crippen LogP) is 4.54. The van der Waals surface area contributed by atoms with E-state index in [0.29, 0.717) is 12.8 Å². The number of sulfonamides is 1. The molecule has 0 aliphatic carbocycles. The van der Waals surface area contributed by atoms with Gasteiger partial charge in [-0.15, -0.1) is 0 Å². The highest BCUT2D eigenvalue weighted by Gasteiger charge is 2.18. The van der Waals surface area contributed by atoms with Gasteiger partial charge in [0.25, 0.3) is 0 Å². The molecule has 162 valence electrons. The third-order valence-electron chi connectivity index (χ3n) is 5.18. The van der Waals surface area contributed by atoms with Crippen molar-refractivity contribution in [2.75, 3.05) is 0 Å². The Kier molecular flexibility index (Phi) is 7.60. The summed E-state index contributed by atoms with van der Waals surface area (Å²) in [5.41, 5.74) is 2.87. The summed E-state index contributed by atoms with van der Waals surface area (Å²) in [6.45, 7) is 3.77. The van der Waals surface area contributed by atoms with Crippen LogP contribution in [0.25, 0.3) is 0 Å². The third-order valence-corrected chi connectivity index (χ3v) is 6.74. The summed E-state index contributed by atoms with van der Waals surface area (Å²) in [7, 11) is -3.63. The van der Waals surface area contributed by atoms with Gasteiger partial charge in [-0.3, -0.25) is 4.79 Å². The van der Waals surface area contributed by atoms with Crippen LogP contribution < -0.4 is 10.0 Å². The van der Waals surface area contributed by atoms with E-state index in [2.05, 4.69) is 10.0 Å². The summed E-state index contributed by atoms with van der Waals surface area (Å²) in [6, 6.07) is 25.5. The topological polar surface area (TPSA) is 75.3 Å². The fraction of sp³-hybridized carbons (Fsp3) is 0.240. The second-order valence-corrected chi connectivity index (χ2v) is 9.31. The van der Waals surface area contributed by atoms with Crippen molar-refractivity contribution >= 4 is 15.9 Å². The van der Waals surface area contributed by atoms with Crippen molar-refractivity contribution in [3.63, 3.8) is 0 Å². The standard InChI is InChI=1S/C25H28N2O3S/c1-19(22-9-5-3-6-10-22)26-25(28)18-15-21-13-16-24(17-14-21)31(29,30)27-20(2)23-11-7-4-8-12-23/h3-14,16-17,19-20,27H,15,18H2,1-2H3,(H,26,28)/t19-,20-/m1/s1. The van der Waals surface area contributed by atoms with E-state index in [1.807, 2.05) is 74.5 Å². The number of hydrogen-bond acceptors (Lipinski definition) is 3. The maximum absolute atomic E-state index is 12.7. The van der Waals surface area contributed by atoms with Crippen LogP contribution in [0.1, 0.15) is 49.0 Å². The van der Waals surface area contributed by atoms with E-state index < -0.39 is 10.0 Å². The minimum absolute atomic E-state index is 0.0357. The molecule has 0 bridgehead atoms. The molecule has 0 fully saturated rings. The van der Waals surface area contributed by atoms with Gasteiger partial charge >= 0.3 is 0 Å². The first kappa shape index (κ1) is 22.7. The predicted molar refractivity (Wildman–Crippen MR) is 123 cm³/mol. The molecule has 0 saturated heterocycles. The van der Waals surface area contributed by atoms with Gasteiger partial charge in [0.2, 0.25) is 15.9 Å². The van der Waals surface area contributed by atoms with E-state index >= 15 is 0 Å². The van der Waals surface area contributed by atoms with Crippen LogP contribution in [0.4, 0.5) is 0 Å². The molecule has 0 aliphatic heterocycles. The third kappa shape index (κ3) is 6.51. The van der Waals surface area contributed by atoms with Crippen LogP contribution in [0.5, 0.6) is 0 Å². The summed E-state index contributed by atoms with van der Waals surface area (Å²) in [5.74, 6) is -0.0357. The zero-order valence-corrected chi connectivity index (χ0v) is 18.6. The molecular weight excluding hydrogens is 408 g/mol. The normalized spacial score (nSPS) is 13.4. The molecule has 0 unspecified atom stereocenters. The van der Waals surface area contributed by atoms with Crippen LogP contribution in [-0.4, -0.2) is 14.3 Å². The average Bonchev–Trinajstić information content (AvgIpc) is 2.79. The molecule has 1 amide bonds. The molecule has 2 atom stereocenters. The van der Waals surface area contributed by atoms with Gasteiger partial charge in [0, 0.05) is 12.5 Å². The molecule has 3 rings (SSSR count). The van der Waals surface area contributed by atoms with Crippen LogP contribution >= 0.6 is 0 Å². The molecule has 0 aromatic heterocycles. The highest BCUT2D eigenvalue weighted by Crippen LogP contribution is 2.18. The van der Waals surface area contributed by atoms with Gasteiger partial charge in [0.15, 0.2) is 0 Å². The van der Waals surface area contributed by atoms with E-state index in [1.54, 1.807) is 24.3 Å². The first-order valence-electron chi connectivity index (χ1n) is 10.4. The van der Waals surface area contributed by atoms with Crippen molar-refractivity contribution in [1.29, 1.82) is 0 Å². The minimum Gasteiger partial charge on any atom is -0.350 e. The Bertz CT molecular complexity index is 1080. The molecule has 5 nitrogen and oxygen atoms in total. The number of hydrogen-bond donors (Lipinski definition) is 2. The fourth-order valence-electron chi connectivity index (χ4n) is 3.34. The van der Waals surface area contributed by atoms with Crippen molar-refractivity contribution in [3.8, 4) is 0 Å². The lowest BCUT2D eigenvalue weighted by Gasteiger charge is -2.15. The Morgan fingerprint density at radius 3 is 1.84 bits per heavy atom. The molecule has 0 heterocycles. The van der Waals surface area contributed by atoms with Crippen LogP contribution in [0.3, 0.4) is 0 Å². The summed E-state index contributed by atoms with van der Waals surface area (Å²) < 4.78 is 28.1. The molecule has 0 radical (unpaired) electrons. The number of nitrogens with one attached hydrogen (secondary N) is 2. The number of carbonyl (C=O) groups excluding carboxylic acids is 1. The van der Waals surface area contributed by atoms with E-state index in [1.165, 1.54) is 0 Å². The van der Waals surface area contributed by atoms with Crippen LogP contribution in [0, 0.1) is 0 Å². The van der Waals surface area contributed by atoms with Gasteiger partial charge in [0.05, 0.1) is 10.9 Å². The van der Waals surface area contributed by atoms with Crippen molar-refractivity contribution < 1.29 is 13.2 Å².